The summed E-state index contributed by atoms with van der Waals surface area (Å²) in [5.74, 6) is 1.92. The highest BCUT2D eigenvalue weighted by molar-refractivity contribution is 5.53. The third kappa shape index (κ3) is 2.45. The molecule has 0 amide bonds. The number of nitrogens with zero attached hydrogens (tertiary/aromatic N) is 4. The number of fused-ring (bicyclic) bond motifs is 2. The third-order valence-electron chi connectivity index (χ3n) is 4.29. The maximum absolute atomic E-state index is 4.38. The van der Waals surface area contributed by atoms with Crippen LogP contribution in [0.4, 0.5) is 0 Å². The van der Waals surface area contributed by atoms with E-state index in [1.807, 2.05) is 29.2 Å². The summed E-state index contributed by atoms with van der Waals surface area (Å²) in [5.41, 5.74) is 2.44. The Kier molecular flexibility index (Phi) is 3.20. The lowest BCUT2D eigenvalue weighted by Crippen LogP contribution is -2.29. The zero-order valence-corrected chi connectivity index (χ0v) is 11.9. The molecule has 0 saturated carbocycles. The first-order valence-corrected chi connectivity index (χ1v) is 7.52. The molecule has 21 heavy (non-hydrogen) atoms. The van der Waals surface area contributed by atoms with Crippen LogP contribution in [-0.2, 0) is 19.5 Å². The van der Waals surface area contributed by atoms with Crippen molar-refractivity contribution in [3.8, 4) is 0 Å². The molecular formula is C16H19N5. The molecule has 108 valence electrons. The van der Waals surface area contributed by atoms with Crippen molar-refractivity contribution in [3.63, 3.8) is 0 Å². The standard InChI is InChI=1S/C16H19N5/c1-2-7-21-15(3-1)14(11-19-21)10-17-9-13-4-5-16-18-6-8-20(16)12-13/h1-3,6-8,11,13,17H,4-5,9-10,12H2/t13-/m0/s1. The molecule has 1 aliphatic heterocycles. The maximum atomic E-state index is 4.38. The van der Waals surface area contributed by atoms with E-state index < -0.39 is 0 Å². The number of imidazole rings is 1. The first-order chi connectivity index (χ1) is 10.4. The first kappa shape index (κ1) is 12.6. The molecule has 4 heterocycles. The Bertz CT molecular complexity index is 742. The van der Waals surface area contributed by atoms with Gasteiger partial charge in [0.05, 0.1) is 11.7 Å². The molecule has 0 aromatic carbocycles. The highest BCUT2D eigenvalue weighted by Crippen LogP contribution is 2.18. The summed E-state index contributed by atoms with van der Waals surface area (Å²) in [6.45, 7) is 3.00. The fourth-order valence-corrected chi connectivity index (χ4v) is 3.14. The van der Waals surface area contributed by atoms with Gasteiger partial charge in [-0.1, -0.05) is 6.07 Å². The van der Waals surface area contributed by atoms with Crippen LogP contribution in [0.5, 0.6) is 0 Å². The number of aryl methyl sites for hydroxylation is 1. The minimum Gasteiger partial charge on any atom is -0.335 e. The molecule has 0 aliphatic carbocycles. The van der Waals surface area contributed by atoms with Gasteiger partial charge in [-0.15, -0.1) is 0 Å². The molecule has 0 fully saturated rings. The third-order valence-corrected chi connectivity index (χ3v) is 4.29. The molecule has 0 radical (unpaired) electrons. The van der Waals surface area contributed by atoms with E-state index in [-0.39, 0.29) is 0 Å². The van der Waals surface area contributed by atoms with Crippen molar-refractivity contribution in [1.82, 2.24) is 24.5 Å². The van der Waals surface area contributed by atoms with E-state index in [9.17, 15) is 0 Å². The summed E-state index contributed by atoms with van der Waals surface area (Å²) < 4.78 is 4.21. The average Bonchev–Trinajstić information content (AvgIpc) is 3.14. The largest absolute Gasteiger partial charge is 0.335 e. The highest BCUT2D eigenvalue weighted by atomic mass is 15.2. The van der Waals surface area contributed by atoms with Gasteiger partial charge in [0.1, 0.15) is 5.82 Å². The number of rotatable bonds is 4. The minimum atomic E-state index is 0.688. The van der Waals surface area contributed by atoms with E-state index in [4.69, 9.17) is 0 Å². The Balaban J connectivity index is 1.36. The van der Waals surface area contributed by atoms with Crippen molar-refractivity contribution in [1.29, 1.82) is 0 Å². The van der Waals surface area contributed by atoms with Crippen LogP contribution in [0, 0.1) is 5.92 Å². The van der Waals surface area contributed by atoms with E-state index >= 15 is 0 Å². The molecule has 1 N–H and O–H groups in total. The number of hydrogen-bond acceptors (Lipinski definition) is 3. The number of nitrogens with one attached hydrogen (secondary N) is 1. The van der Waals surface area contributed by atoms with Crippen molar-refractivity contribution in [2.75, 3.05) is 6.54 Å². The fraction of sp³-hybridized carbons (Fsp3) is 0.375. The predicted molar refractivity (Wildman–Crippen MR) is 80.9 cm³/mol. The van der Waals surface area contributed by atoms with Crippen LogP contribution in [0.15, 0.2) is 43.0 Å². The SMILES string of the molecule is c1ccn2ncc(CNC[C@@H]3CCc4nccn4C3)c2c1. The van der Waals surface area contributed by atoms with E-state index in [0.29, 0.717) is 5.92 Å². The van der Waals surface area contributed by atoms with E-state index in [1.165, 1.54) is 23.3 Å². The second kappa shape index (κ2) is 5.33. The normalized spacial score (nSPS) is 18.0. The molecule has 0 bridgehead atoms. The molecule has 5 heteroatoms. The number of hydrogen-bond donors (Lipinski definition) is 1. The Morgan fingerprint density at radius 3 is 3.29 bits per heavy atom. The van der Waals surface area contributed by atoms with Gasteiger partial charge in [-0.25, -0.2) is 9.50 Å². The first-order valence-electron chi connectivity index (χ1n) is 7.52. The lowest BCUT2D eigenvalue weighted by atomic mass is 9.99. The van der Waals surface area contributed by atoms with Crippen molar-refractivity contribution >= 4 is 5.52 Å². The smallest absolute Gasteiger partial charge is 0.108 e. The van der Waals surface area contributed by atoms with Crippen LogP contribution in [-0.4, -0.2) is 25.7 Å². The lowest BCUT2D eigenvalue weighted by Gasteiger charge is -2.24. The molecular weight excluding hydrogens is 262 g/mol. The van der Waals surface area contributed by atoms with Gasteiger partial charge in [-0.2, -0.15) is 5.10 Å². The van der Waals surface area contributed by atoms with Crippen molar-refractivity contribution in [2.24, 2.45) is 5.92 Å². The lowest BCUT2D eigenvalue weighted by molar-refractivity contribution is 0.347. The van der Waals surface area contributed by atoms with Gasteiger partial charge in [0.2, 0.25) is 0 Å². The predicted octanol–water partition coefficient (Wildman–Crippen LogP) is 1.88. The molecule has 0 unspecified atom stereocenters. The van der Waals surface area contributed by atoms with Crippen LogP contribution >= 0.6 is 0 Å². The van der Waals surface area contributed by atoms with E-state index in [0.717, 1.165) is 26.1 Å². The zero-order valence-electron chi connectivity index (χ0n) is 11.9. The van der Waals surface area contributed by atoms with Gasteiger partial charge >= 0.3 is 0 Å². The second-order valence-corrected chi connectivity index (χ2v) is 5.73. The summed E-state index contributed by atoms with van der Waals surface area (Å²) in [4.78, 5) is 4.38. The van der Waals surface area contributed by atoms with Crippen LogP contribution in [0.3, 0.4) is 0 Å². The van der Waals surface area contributed by atoms with Gasteiger partial charge in [-0.05, 0) is 31.0 Å². The van der Waals surface area contributed by atoms with Crippen molar-refractivity contribution in [2.45, 2.75) is 25.9 Å². The molecule has 1 atom stereocenters. The van der Waals surface area contributed by atoms with Crippen LogP contribution < -0.4 is 5.32 Å². The van der Waals surface area contributed by atoms with E-state index in [1.54, 1.807) is 0 Å². The Morgan fingerprint density at radius 2 is 2.29 bits per heavy atom. The fourth-order valence-electron chi connectivity index (χ4n) is 3.14. The topological polar surface area (TPSA) is 47.1 Å². The average molecular weight is 281 g/mol. The molecule has 5 nitrogen and oxygen atoms in total. The summed E-state index contributed by atoms with van der Waals surface area (Å²) in [7, 11) is 0. The van der Waals surface area contributed by atoms with Gasteiger partial charge < -0.3 is 9.88 Å². The van der Waals surface area contributed by atoms with Crippen molar-refractivity contribution < 1.29 is 0 Å². The van der Waals surface area contributed by atoms with Gasteiger partial charge in [0, 0.05) is 43.7 Å². The zero-order chi connectivity index (χ0) is 14.1. The molecule has 3 aromatic heterocycles. The van der Waals surface area contributed by atoms with Crippen LogP contribution in [0.25, 0.3) is 5.52 Å². The summed E-state index contributed by atoms with van der Waals surface area (Å²) in [5, 5.41) is 7.96. The minimum absolute atomic E-state index is 0.688. The molecule has 1 aliphatic rings. The Morgan fingerprint density at radius 1 is 1.29 bits per heavy atom. The molecule has 4 rings (SSSR count). The number of pyridine rings is 1. The van der Waals surface area contributed by atoms with Gasteiger partial charge in [0.15, 0.2) is 0 Å². The Hall–Kier alpha value is -2.14. The molecule has 0 spiro atoms. The number of aromatic nitrogens is 4. The maximum Gasteiger partial charge on any atom is 0.108 e. The second-order valence-electron chi connectivity index (χ2n) is 5.73. The van der Waals surface area contributed by atoms with Crippen LogP contribution in [0.1, 0.15) is 17.8 Å². The van der Waals surface area contributed by atoms with E-state index in [2.05, 4.69) is 38.3 Å². The van der Waals surface area contributed by atoms with Gasteiger partial charge in [-0.3, -0.25) is 0 Å². The molecule has 3 aromatic rings. The van der Waals surface area contributed by atoms with Crippen LogP contribution in [0.2, 0.25) is 0 Å². The monoisotopic (exact) mass is 281 g/mol. The Labute approximate surface area is 123 Å². The highest BCUT2D eigenvalue weighted by Gasteiger charge is 2.18. The van der Waals surface area contributed by atoms with Gasteiger partial charge in [0.25, 0.3) is 0 Å². The van der Waals surface area contributed by atoms with Crippen molar-refractivity contribution in [3.05, 3.63) is 54.4 Å². The quantitative estimate of drug-likeness (QED) is 0.794. The molecule has 0 saturated heterocycles. The summed E-state index contributed by atoms with van der Waals surface area (Å²) >= 11 is 0. The summed E-state index contributed by atoms with van der Waals surface area (Å²) in [6, 6.07) is 6.17. The summed E-state index contributed by atoms with van der Waals surface area (Å²) in [6.07, 6.45) is 10.3.